The van der Waals surface area contributed by atoms with E-state index in [0.29, 0.717) is 11.3 Å². The molecule has 0 bridgehead atoms. The van der Waals surface area contributed by atoms with Crippen LogP contribution in [0.4, 0.5) is 11.4 Å². The monoisotopic (exact) mass is 240 g/mol. The molecular weight excluding hydrogens is 228 g/mol. The molecule has 0 amide bonds. The van der Waals surface area contributed by atoms with E-state index in [4.69, 9.17) is 11.5 Å². The number of carbonyl (C=O) groups is 2. The summed E-state index contributed by atoms with van der Waals surface area (Å²) in [4.78, 5) is 24.0. The summed E-state index contributed by atoms with van der Waals surface area (Å²) in [7, 11) is 0. The van der Waals surface area contributed by atoms with Gasteiger partial charge in [0.2, 0.25) is 11.6 Å². The van der Waals surface area contributed by atoms with Gasteiger partial charge in [-0.2, -0.15) is 0 Å². The summed E-state index contributed by atoms with van der Waals surface area (Å²) in [5.41, 5.74) is 12.2. The van der Waals surface area contributed by atoms with Crippen LogP contribution in [-0.2, 0) is 0 Å². The highest BCUT2D eigenvalue weighted by Gasteiger charge is 2.20. The van der Waals surface area contributed by atoms with E-state index in [2.05, 4.69) is 0 Å². The van der Waals surface area contributed by atoms with E-state index in [-0.39, 0.29) is 11.3 Å². The standard InChI is InChI=1S/C14H12N2O2/c15-11-8-4-7-10(12(11)16)14(18)13(17)9-5-2-1-3-6-9/h1-8H,15-16H2. The Kier molecular flexibility index (Phi) is 3.10. The van der Waals surface area contributed by atoms with Gasteiger partial charge in [0.1, 0.15) is 0 Å². The van der Waals surface area contributed by atoms with Gasteiger partial charge in [-0.15, -0.1) is 0 Å². The number of ketones is 2. The van der Waals surface area contributed by atoms with Gasteiger partial charge in [0.15, 0.2) is 0 Å². The first-order valence-electron chi connectivity index (χ1n) is 5.39. The van der Waals surface area contributed by atoms with Crippen molar-refractivity contribution < 1.29 is 9.59 Å². The van der Waals surface area contributed by atoms with Crippen LogP contribution in [0.25, 0.3) is 0 Å². The fraction of sp³-hybridized carbons (Fsp3) is 0. The Balaban J connectivity index is 2.38. The summed E-state index contributed by atoms with van der Waals surface area (Å²) in [6.45, 7) is 0. The number of benzene rings is 2. The molecule has 0 unspecified atom stereocenters. The Morgan fingerprint density at radius 2 is 1.44 bits per heavy atom. The molecule has 0 heterocycles. The Bertz CT molecular complexity index is 606. The minimum atomic E-state index is -0.647. The van der Waals surface area contributed by atoms with Crippen LogP contribution >= 0.6 is 0 Å². The van der Waals surface area contributed by atoms with Crippen LogP contribution < -0.4 is 11.5 Å². The number of nitrogen functional groups attached to an aromatic ring is 2. The quantitative estimate of drug-likeness (QED) is 0.487. The summed E-state index contributed by atoms with van der Waals surface area (Å²) in [6, 6.07) is 13.0. The summed E-state index contributed by atoms with van der Waals surface area (Å²) >= 11 is 0. The lowest BCUT2D eigenvalue weighted by molar-refractivity contribution is 0.0817. The predicted octanol–water partition coefficient (Wildman–Crippen LogP) is 1.92. The van der Waals surface area contributed by atoms with E-state index < -0.39 is 11.6 Å². The minimum Gasteiger partial charge on any atom is -0.397 e. The number of hydrogen-bond donors (Lipinski definition) is 2. The maximum absolute atomic E-state index is 12.0. The van der Waals surface area contributed by atoms with Crippen LogP contribution in [0.3, 0.4) is 0 Å². The van der Waals surface area contributed by atoms with Gasteiger partial charge < -0.3 is 11.5 Å². The molecule has 4 N–H and O–H groups in total. The smallest absolute Gasteiger partial charge is 0.235 e. The van der Waals surface area contributed by atoms with E-state index in [1.165, 1.54) is 6.07 Å². The van der Waals surface area contributed by atoms with E-state index in [1.807, 2.05) is 0 Å². The van der Waals surface area contributed by atoms with Crippen LogP contribution in [-0.4, -0.2) is 11.6 Å². The molecular formula is C14H12N2O2. The van der Waals surface area contributed by atoms with E-state index in [0.717, 1.165) is 0 Å². The van der Waals surface area contributed by atoms with Crippen molar-refractivity contribution in [2.45, 2.75) is 0 Å². The Morgan fingerprint density at radius 1 is 0.778 bits per heavy atom. The molecule has 0 spiro atoms. The molecule has 2 aromatic rings. The Labute approximate surface area is 104 Å². The highest BCUT2D eigenvalue weighted by atomic mass is 16.2. The van der Waals surface area contributed by atoms with Gasteiger partial charge in [0.05, 0.1) is 16.9 Å². The second kappa shape index (κ2) is 4.71. The molecule has 0 saturated carbocycles. The zero-order chi connectivity index (χ0) is 13.1. The predicted molar refractivity (Wildman–Crippen MR) is 70.4 cm³/mol. The summed E-state index contributed by atoms with van der Waals surface area (Å²) in [5.74, 6) is -1.24. The third-order valence-electron chi connectivity index (χ3n) is 2.63. The van der Waals surface area contributed by atoms with Gasteiger partial charge >= 0.3 is 0 Å². The van der Waals surface area contributed by atoms with Crippen LogP contribution in [0, 0.1) is 0 Å². The van der Waals surface area contributed by atoms with Crippen LogP contribution in [0.2, 0.25) is 0 Å². The number of anilines is 2. The molecule has 2 aromatic carbocycles. The topological polar surface area (TPSA) is 86.2 Å². The molecule has 0 atom stereocenters. The molecule has 0 radical (unpaired) electrons. The van der Waals surface area contributed by atoms with Gasteiger partial charge in [-0.1, -0.05) is 36.4 Å². The number of nitrogens with two attached hydrogens (primary N) is 2. The molecule has 0 aliphatic carbocycles. The van der Waals surface area contributed by atoms with Crippen molar-refractivity contribution >= 4 is 22.9 Å². The summed E-state index contributed by atoms with van der Waals surface area (Å²) < 4.78 is 0. The third-order valence-corrected chi connectivity index (χ3v) is 2.63. The molecule has 4 nitrogen and oxygen atoms in total. The lowest BCUT2D eigenvalue weighted by Gasteiger charge is -2.06. The van der Waals surface area contributed by atoms with Gasteiger partial charge in [0.25, 0.3) is 0 Å². The molecule has 0 fully saturated rings. The Morgan fingerprint density at radius 3 is 2.11 bits per heavy atom. The van der Waals surface area contributed by atoms with Crippen LogP contribution in [0.1, 0.15) is 20.7 Å². The average molecular weight is 240 g/mol. The van der Waals surface area contributed by atoms with E-state index in [1.54, 1.807) is 42.5 Å². The second-order valence-electron chi connectivity index (χ2n) is 3.83. The van der Waals surface area contributed by atoms with Gasteiger partial charge in [0, 0.05) is 5.56 Å². The van der Waals surface area contributed by atoms with E-state index in [9.17, 15) is 9.59 Å². The molecule has 0 aromatic heterocycles. The fourth-order valence-corrected chi connectivity index (χ4v) is 1.62. The van der Waals surface area contributed by atoms with E-state index >= 15 is 0 Å². The third kappa shape index (κ3) is 2.08. The minimum absolute atomic E-state index is 0.142. The SMILES string of the molecule is Nc1cccc(C(=O)C(=O)c2ccccc2)c1N. The van der Waals surface area contributed by atoms with Crippen molar-refractivity contribution in [2.24, 2.45) is 0 Å². The van der Waals surface area contributed by atoms with Crippen molar-refractivity contribution in [1.82, 2.24) is 0 Å². The zero-order valence-electron chi connectivity index (χ0n) is 9.59. The van der Waals surface area contributed by atoms with Crippen LogP contribution in [0.15, 0.2) is 48.5 Å². The number of rotatable bonds is 3. The maximum atomic E-state index is 12.0. The number of hydrogen-bond acceptors (Lipinski definition) is 4. The molecule has 0 aliphatic rings. The van der Waals surface area contributed by atoms with Gasteiger partial charge in [-0.25, -0.2) is 0 Å². The Hall–Kier alpha value is -2.62. The molecule has 0 saturated heterocycles. The van der Waals surface area contributed by atoms with Crippen molar-refractivity contribution in [1.29, 1.82) is 0 Å². The lowest BCUT2D eigenvalue weighted by atomic mass is 10.00. The second-order valence-corrected chi connectivity index (χ2v) is 3.83. The normalized spacial score (nSPS) is 10.0. The highest BCUT2D eigenvalue weighted by molar-refractivity contribution is 6.50. The van der Waals surface area contributed by atoms with Crippen molar-refractivity contribution in [3.05, 3.63) is 59.7 Å². The maximum Gasteiger partial charge on any atom is 0.235 e. The number of Topliss-reactive ketones (excluding diaryl/α,β-unsaturated/α-hetero) is 2. The number of para-hydroxylation sites is 1. The first-order valence-corrected chi connectivity index (χ1v) is 5.39. The van der Waals surface area contributed by atoms with Gasteiger partial charge in [-0.3, -0.25) is 9.59 Å². The molecule has 18 heavy (non-hydrogen) atoms. The summed E-state index contributed by atoms with van der Waals surface area (Å²) in [6.07, 6.45) is 0. The fourth-order valence-electron chi connectivity index (χ4n) is 1.62. The summed E-state index contributed by atoms with van der Waals surface area (Å²) in [5, 5.41) is 0. The molecule has 0 aliphatic heterocycles. The van der Waals surface area contributed by atoms with Crippen molar-refractivity contribution in [3.8, 4) is 0 Å². The van der Waals surface area contributed by atoms with Crippen molar-refractivity contribution in [3.63, 3.8) is 0 Å². The number of carbonyl (C=O) groups excluding carboxylic acids is 2. The molecule has 2 rings (SSSR count). The zero-order valence-corrected chi connectivity index (χ0v) is 9.59. The average Bonchev–Trinajstić information content (AvgIpc) is 2.41. The lowest BCUT2D eigenvalue weighted by Crippen LogP contribution is -2.16. The highest BCUT2D eigenvalue weighted by Crippen LogP contribution is 2.21. The van der Waals surface area contributed by atoms with Crippen LogP contribution in [0.5, 0.6) is 0 Å². The largest absolute Gasteiger partial charge is 0.397 e. The molecule has 90 valence electrons. The first-order chi connectivity index (χ1) is 8.61. The molecule has 4 heteroatoms. The van der Waals surface area contributed by atoms with Gasteiger partial charge in [-0.05, 0) is 12.1 Å². The van der Waals surface area contributed by atoms with Crippen molar-refractivity contribution in [2.75, 3.05) is 11.5 Å². The first kappa shape index (κ1) is 11.9.